The first kappa shape index (κ1) is 13.2. The highest BCUT2D eigenvalue weighted by Crippen LogP contribution is 2.34. The van der Waals surface area contributed by atoms with Gasteiger partial charge in [0.1, 0.15) is 0 Å². The molecule has 0 aliphatic carbocycles. The van der Waals surface area contributed by atoms with Crippen LogP contribution in [0.3, 0.4) is 0 Å². The summed E-state index contributed by atoms with van der Waals surface area (Å²) in [6.45, 7) is 6.97. The molecule has 1 N–H and O–H groups in total. The van der Waals surface area contributed by atoms with Crippen LogP contribution >= 0.6 is 11.3 Å². The highest BCUT2D eigenvalue weighted by molar-refractivity contribution is 7.11. The monoisotopic (exact) mass is 301 g/mol. The smallest absolute Gasteiger partial charge is 0.251 e. The maximum Gasteiger partial charge on any atom is 0.251 e. The first-order valence-electron chi connectivity index (χ1n) is 7.51. The minimum absolute atomic E-state index is 0.129. The summed E-state index contributed by atoms with van der Waals surface area (Å²) in [6.07, 6.45) is 1.20. The molecule has 0 unspecified atom stereocenters. The van der Waals surface area contributed by atoms with Crippen molar-refractivity contribution in [2.75, 3.05) is 13.1 Å². The van der Waals surface area contributed by atoms with Gasteiger partial charge in [-0.2, -0.15) is 0 Å². The Kier molecular flexibility index (Phi) is 3.01. The Bertz CT molecular complexity index is 761. The van der Waals surface area contributed by atoms with Gasteiger partial charge in [-0.15, -0.1) is 11.3 Å². The van der Waals surface area contributed by atoms with Gasteiger partial charge in [0.05, 0.1) is 10.7 Å². The van der Waals surface area contributed by atoms with Gasteiger partial charge in [-0.3, -0.25) is 4.79 Å². The second-order valence-electron chi connectivity index (χ2n) is 6.21. The number of hydrogen-bond acceptors (Lipinski definition) is 4. The summed E-state index contributed by atoms with van der Waals surface area (Å²) in [4.78, 5) is 18.3. The van der Waals surface area contributed by atoms with Crippen LogP contribution < -0.4 is 10.9 Å². The lowest BCUT2D eigenvalue weighted by atomic mass is 9.83. The third kappa shape index (κ3) is 2.15. The van der Waals surface area contributed by atoms with Gasteiger partial charge in [0.15, 0.2) is 0 Å². The molecule has 0 saturated carbocycles. The summed E-state index contributed by atoms with van der Waals surface area (Å²) in [5.74, 6) is 1.06. The number of nitrogens with one attached hydrogen (secondary N) is 1. The third-order valence-electron chi connectivity index (χ3n) is 4.64. The van der Waals surface area contributed by atoms with Crippen LogP contribution in [0.4, 0.5) is 0 Å². The predicted octanol–water partition coefficient (Wildman–Crippen LogP) is 2.30. The summed E-state index contributed by atoms with van der Waals surface area (Å²) in [7, 11) is 0. The molecule has 2 atom stereocenters. The second-order valence-corrected chi connectivity index (χ2v) is 7.62. The fourth-order valence-corrected chi connectivity index (χ4v) is 4.58. The van der Waals surface area contributed by atoms with Gasteiger partial charge in [0, 0.05) is 41.2 Å². The third-order valence-corrected chi connectivity index (χ3v) is 5.52. The molecule has 21 heavy (non-hydrogen) atoms. The molecule has 0 radical (unpaired) electrons. The lowest BCUT2D eigenvalue weighted by molar-refractivity contribution is 0.257. The van der Waals surface area contributed by atoms with E-state index >= 15 is 0 Å². The van der Waals surface area contributed by atoms with Gasteiger partial charge in [-0.1, -0.05) is 0 Å². The van der Waals surface area contributed by atoms with Gasteiger partial charge >= 0.3 is 0 Å². The first-order valence-corrected chi connectivity index (χ1v) is 8.33. The second kappa shape index (κ2) is 4.78. The molecule has 0 aromatic carbocycles. The Hall–Kier alpha value is -1.46. The van der Waals surface area contributed by atoms with Crippen LogP contribution in [0.2, 0.25) is 0 Å². The molecule has 2 bridgehead atoms. The summed E-state index contributed by atoms with van der Waals surface area (Å²) in [5, 5.41) is 4.55. The zero-order chi connectivity index (χ0) is 14.6. The summed E-state index contributed by atoms with van der Waals surface area (Å²) < 4.78 is 1.98. The largest absolute Gasteiger partial charge is 0.316 e. The van der Waals surface area contributed by atoms with Crippen molar-refractivity contribution < 1.29 is 0 Å². The number of aryl methyl sites for hydroxylation is 2. The van der Waals surface area contributed by atoms with Gasteiger partial charge in [-0.25, -0.2) is 4.98 Å². The maximum absolute atomic E-state index is 12.5. The molecule has 2 aromatic rings. The maximum atomic E-state index is 12.5. The van der Waals surface area contributed by atoms with Gasteiger partial charge in [-0.05, 0) is 38.8 Å². The minimum atomic E-state index is 0.129. The fourth-order valence-electron chi connectivity index (χ4n) is 3.74. The van der Waals surface area contributed by atoms with E-state index in [9.17, 15) is 4.79 Å². The molecule has 1 saturated heterocycles. The van der Waals surface area contributed by atoms with Crippen molar-refractivity contribution in [2.24, 2.45) is 5.92 Å². The van der Waals surface area contributed by atoms with Crippen molar-refractivity contribution in [3.8, 4) is 11.3 Å². The van der Waals surface area contributed by atoms with E-state index in [2.05, 4.69) is 23.3 Å². The minimum Gasteiger partial charge on any atom is -0.316 e. The molecule has 4 rings (SSSR count). The zero-order valence-electron chi connectivity index (χ0n) is 12.3. The molecule has 0 amide bonds. The topological polar surface area (TPSA) is 46.9 Å². The van der Waals surface area contributed by atoms with Crippen LogP contribution in [0.15, 0.2) is 16.9 Å². The Morgan fingerprint density at radius 2 is 2.19 bits per heavy atom. The Balaban J connectivity index is 1.87. The molecule has 5 heteroatoms. The predicted molar refractivity (Wildman–Crippen MR) is 85.0 cm³/mol. The molecular weight excluding hydrogens is 282 g/mol. The van der Waals surface area contributed by atoms with E-state index in [1.54, 1.807) is 17.4 Å². The van der Waals surface area contributed by atoms with E-state index in [0.29, 0.717) is 11.8 Å². The quantitative estimate of drug-likeness (QED) is 0.879. The fraction of sp³-hybridized carbons (Fsp3) is 0.500. The highest BCUT2D eigenvalue weighted by atomic mass is 32.1. The standard InChI is InChI=1S/C16H19N3OS/c1-9-16(18-10(2)21-9)12-4-14-13-3-11(6-17-7-13)8-19(14)15(20)5-12/h4-5,11,13,17H,3,6-8H2,1-2H3/t11-,13+/m0/s1. The van der Waals surface area contributed by atoms with Crippen molar-refractivity contribution in [3.63, 3.8) is 0 Å². The lowest BCUT2D eigenvalue weighted by Crippen LogP contribution is -2.44. The molecule has 4 nitrogen and oxygen atoms in total. The number of hydrogen-bond donors (Lipinski definition) is 1. The zero-order valence-corrected chi connectivity index (χ0v) is 13.2. The summed E-state index contributed by atoms with van der Waals surface area (Å²) in [6, 6.07) is 3.95. The normalized spacial score (nSPS) is 23.9. The van der Waals surface area contributed by atoms with Gasteiger partial charge in [0.25, 0.3) is 5.56 Å². The summed E-state index contributed by atoms with van der Waals surface area (Å²) >= 11 is 1.69. The van der Waals surface area contributed by atoms with Crippen LogP contribution in [0.5, 0.6) is 0 Å². The van der Waals surface area contributed by atoms with Crippen molar-refractivity contribution >= 4 is 11.3 Å². The molecule has 110 valence electrons. The van der Waals surface area contributed by atoms with E-state index in [1.807, 2.05) is 11.5 Å². The van der Waals surface area contributed by atoms with Crippen molar-refractivity contribution in [1.29, 1.82) is 0 Å². The van der Waals surface area contributed by atoms with Crippen LogP contribution in [0.1, 0.15) is 27.9 Å². The van der Waals surface area contributed by atoms with Crippen LogP contribution in [-0.2, 0) is 6.54 Å². The van der Waals surface area contributed by atoms with Crippen molar-refractivity contribution in [2.45, 2.75) is 32.7 Å². The Morgan fingerprint density at radius 3 is 2.95 bits per heavy atom. The SMILES string of the molecule is Cc1nc(-c2cc3n(c(=O)c2)C[C@@H]2CNC[C@H]3C2)c(C)s1. The van der Waals surface area contributed by atoms with Gasteiger partial charge in [0.2, 0.25) is 0 Å². The van der Waals surface area contributed by atoms with Crippen molar-refractivity contribution in [3.05, 3.63) is 38.1 Å². The molecule has 2 aliphatic heterocycles. The lowest BCUT2D eigenvalue weighted by Gasteiger charge is -2.37. The number of thiazole rings is 1. The number of pyridine rings is 1. The highest BCUT2D eigenvalue weighted by Gasteiger charge is 2.31. The Morgan fingerprint density at radius 1 is 1.33 bits per heavy atom. The molecule has 0 spiro atoms. The van der Waals surface area contributed by atoms with E-state index in [-0.39, 0.29) is 5.56 Å². The number of fused-ring (bicyclic) bond motifs is 4. The number of rotatable bonds is 1. The van der Waals surface area contributed by atoms with E-state index in [4.69, 9.17) is 0 Å². The van der Waals surface area contributed by atoms with E-state index < -0.39 is 0 Å². The molecule has 4 heterocycles. The molecular formula is C16H19N3OS. The number of aromatic nitrogens is 2. The van der Waals surface area contributed by atoms with Gasteiger partial charge < -0.3 is 9.88 Å². The molecule has 2 aliphatic rings. The molecule has 2 aromatic heterocycles. The molecule has 1 fully saturated rings. The van der Waals surface area contributed by atoms with Crippen LogP contribution in [0, 0.1) is 19.8 Å². The Labute approximate surface area is 127 Å². The first-order chi connectivity index (χ1) is 10.1. The average Bonchev–Trinajstić information content (AvgIpc) is 2.79. The number of nitrogens with zero attached hydrogens (tertiary/aromatic N) is 2. The number of piperidine rings is 1. The van der Waals surface area contributed by atoms with E-state index in [0.717, 1.165) is 35.9 Å². The van der Waals surface area contributed by atoms with Crippen molar-refractivity contribution in [1.82, 2.24) is 14.9 Å². The van der Waals surface area contributed by atoms with E-state index in [1.165, 1.54) is 17.0 Å². The van der Waals surface area contributed by atoms with Crippen LogP contribution in [-0.4, -0.2) is 22.6 Å². The average molecular weight is 301 g/mol. The van der Waals surface area contributed by atoms with Crippen LogP contribution in [0.25, 0.3) is 11.3 Å². The summed E-state index contributed by atoms with van der Waals surface area (Å²) in [5.41, 5.74) is 3.27.